The van der Waals surface area contributed by atoms with Crippen molar-refractivity contribution in [2.75, 3.05) is 7.11 Å². The summed E-state index contributed by atoms with van der Waals surface area (Å²) in [5.41, 5.74) is 0. The highest BCUT2D eigenvalue weighted by Crippen LogP contribution is 2.26. The number of unbranched alkanes of at least 4 members (excludes halogenated alkanes) is 3. The zero-order valence-corrected chi connectivity index (χ0v) is 10.5. The van der Waals surface area contributed by atoms with Gasteiger partial charge in [0.1, 0.15) is 0 Å². The molecule has 0 heterocycles. The minimum atomic E-state index is -1.94. The first-order valence-electron chi connectivity index (χ1n) is 4.05. The first kappa shape index (κ1) is 11.9. The molecule has 0 aliphatic carbocycles. The maximum atomic E-state index is 6.03. The van der Waals surface area contributed by atoms with Crippen molar-refractivity contribution < 1.29 is 4.43 Å². The molecule has 0 aliphatic heterocycles. The van der Waals surface area contributed by atoms with Crippen LogP contribution in [-0.2, 0) is 4.43 Å². The third kappa shape index (κ3) is 7.31. The van der Waals surface area contributed by atoms with Crippen LogP contribution in [0.5, 0.6) is 0 Å². The summed E-state index contributed by atoms with van der Waals surface area (Å²) in [6.45, 7) is 2.20. The van der Waals surface area contributed by atoms with Crippen molar-refractivity contribution >= 4 is 32.6 Å². The molecule has 0 aliphatic rings. The molecule has 0 aromatic carbocycles. The van der Waals surface area contributed by atoms with Crippen LogP contribution in [0.3, 0.4) is 0 Å². The largest absolute Gasteiger partial charge is 0.399 e. The van der Waals surface area contributed by atoms with E-state index in [1.54, 1.807) is 7.11 Å². The molecule has 11 heavy (non-hydrogen) atoms. The molecule has 0 aromatic heterocycles. The second-order valence-electron chi connectivity index (χ2n) is 2.65. The average Bonchev–Trinajstić information content (AvgIpc) is 1.99. The second-order valence-corrected chi connectivity index (χ2v) is 11.9. The summed E-state index contributed by atoms with van der Waals surface area (Å²) in [4.78, 5) is 0. The summed E-state index contributed by atoms with van der Waals surface area (Å²) in [5.74, 6) is 0. The van der Waals surface area contributed by atoms with Gasteiger partial charge in [0, 0.05) is 7.11 Å². The molecule has 4 heteroatoms. The number of rotatable bonds is 6. The van der Waals surface area contributed by atoms with Gasteiger partial charge in [0.15, 0.2) is 0 Å². The summed E-state index contributed by atoms with van der Waals surface area (Å²) in [6, 6.07) is 1.01. The van der Waals surface area contributed by atoms with Crippen LogP contribution in [-0.4, -0.2) is 13.4 Å². The predicted molar refractivity (Wildman–Crippen MR) is 56.5 cm³/mol. The lowest BCUT2D eigenvalue weighted by molar-refractivity contribution is 0.427. The summed E-state index contributed by atoms with van der Waals surface area (Å²) in [7, 11) is 1.67. The Bertz CT molecular complexity index is 100. The van der Waals surface area contributed by atoms with Gasteiger partial charge in [-0.05, 0) is 6.04 Å². The van der Waals surface area contributed by atoms with E-state index < -0.39 is 6.25 Å². The quantitative estimate of drug-likeness (QED) is 0.401. The Morgan fingerprint density at radius 1 is 1.36 bits per heavy atom. The molecule has 1 nitrogen and oxygen atoms in total. The van der Waals surface area contributed by atoms with E-state index in [1.807, 2.05) is 0 Å². The highest BCUT2D eigenvalue weighted by molar-refractivity contribution is 9.27. The molecule has 1 atom stereocenters. The Labute approximate surface area is 82.9 Å². The lowest BCUT2D eigenvalue weighted by Gasteiger charge is -2.13. The topological polar surface area (TPSA) is 9.23 Å². The summed E-state index contributed by atoms with van der Waals surface area (Å²) >= 11 is 9.45. The normalized spacial score (nSPS) is 16.4. The molecule has 0 fully saturated rings. The van der Waals surface area contributed by atoms with E-state index in [2.05, 4.69) is 22.2 Å². The van der Waals surface area contributed by atoms with E-state index in [0.29, 0.717) is 0 Å². The SMILES string of the molecule is CCCCCC[Si](Cl)(Br)OC. The molecule has 0 spiro atoms. The van der Waals surface area contributed by atoms with E-state index >= 15 is 0 Å². The molecule has 0 N–H and O–H groups in total. The van der Waals surface area contributed by atoms with Gasteiger partial charge in [-0.3, -0.25) is 0 Å². The smallest absolute Gasteiger partial charge is 0.362 e. The van der Waals surface area contributed by atoms with E-state index in [1.165, 1.54) is 25.7 Å². The van der Waals surface area contributed by atoms with Crippen molar-refractivity contribution in [3.05, 3.63) is 0 Å². The van der Waals surface area contributed by atoms with Crippen molar-refractivity contribution in [2.45, 2.75) is 38.7 Å². The molecule has 0 saturated heterocycles. The molecular weight excluding hydrogens is 244 g/mol. The maximum Gasteiger partial charge on any atom is 0.362 e. The minimum absolute atomic E-state index is 1.01. The molecule has 0 rings (SSSR count). The maximum absolute atomic E-state index is 6.03. The van der Waals surface area contributed by atoms with Gasteiger partial charge in [0.2, 0.25) is 0 Å². The standard InChI is InChI=1S/C7H16BrClOSi/c1-3-4-5-6-7-11(8,9)10-2/h3-7H2,1-2H3. The molecule has 0 bridgehead atoms. The van der Waals surface area contributed by atoms with Crippen molar-refractivity contribution in [3.63, 3.8) is 0 Å². The van der Waals surface area contributed by atoms with Crippen molar-refractivity contribution in [3.8, 4) is 0 Å². The van der Waals surface area contributed by atoms with Crippen LogP contribution in [0.25, 0.3) is 0 Å². The van der Waals surface area contributed by atoms with Gasteiger partial charge in [-0.2, -0.15) is 0 Å². The van der Waals surface area contributed by atoms with E-state index in [4.69, 9.17) is 15.5 Å². The Kier molecular flexibility index (Phi) is 7.02. The van der Waals surface area contributed by atoms with Gasteiger partial charge < -0.3 is 4.43 Å². The van der Waals surface area contributed by atoms with Crippen LogP contribution in [0, 0.1) is 0 Å². The first-order chi connectivity index (χ1) is 5.12. The Balaban J connectivity index is 3.23. The van der Waals surface area contributed by atoms with E-state index in [0.717, 1.165) is 6.04 Å². The molecule has 0 radical (unpaired) electrons. The molecular formula is C7H16BrClOSi. The second kappa shape index (κ2) is 6.46. The van der Waals surface area contributed by atoms with Crippen LogP contribution in [0.15, 0.2) is 0 Å². The molecule has 0 amide bonds. The van der Waals surface area contributed by atoms with Crippen LogP contribution >= 0.6 is 26.4 Å². The number of hydrogen-bond acceptors (Lipinski definition) is 1. The van der Waals surface area contributed by atoms with Gasteiger partial charge in [0.25, 0.3) is 0 Å². The predicted octanol–water partition coefficient (Wildman–Crippen LogP) is 3.79. The van der Waals surface area contributed by atoms with Crippen LogP contribution in [0.1, 0.15) is 32.6 Å². The Morgan fingerprint density at radius 2 is 2.00 bits per heavy atom. The fourth-order valence-electron chi connectivity index (χ4n) is 0.860. The number of hydrogen-bond donors (Lipinski definition) is 0. The van der Waals surface area contributed by atoms with Crippen LogP contribution in [0.4, 0.5) is 0 Å². The molecule has 1 unspecified atom stereocenters. The zero-order chi connectivity index (χ0) is 8.74. The monoisotopic (exact) mass is 258 g/mol. The van der Waals surface area contributed by atoms with Gasteiger partial charge in [0.05, 0.1) is 0 Å². The third-order valence-electron chi connectivity index (χ3n) is 1.62. The van der Waals surface area contributed by atoms with E-state index in [-0.39, 0.29) is 0 Å². The molecule has 0 saturated carbocycles. The summed E-state index contributed by atoms with van der Waals surface area (Å²) in [6.07, 6.45) is 3.09. The number of halogens is 2. The van der Waals surface area contributed by atoms with Crippen LogP contribution < -0.4 is 0 Å². The van der Waals surface area contributed by atoms with Crippen molar-refractivity contribution in [2.24, 2.45) is 0 Å². The van der Waals surface area contributed by atoms with E-state index in [9.17, 15) is 0 Å². The summed E-state index contributed by atoms with van der Waals surface area (Å²) in [5, 5.41) is 0. The van der Waals surface area contributed by atoms with Gasteiger partial charge in [-0.15, -0.1) is 11.1 Å². The molecule has 0 aromatic rings. The Hall–Kier alpha value is 0.947. The average molecular weight is 260 g/mol. The minimum Gasteiger partial charge on any atom is -0.399 e. The molecule has 68 valence electrons. The van der Waals surface area contributed by atoms with Crippen LogP contribution in [0.2, 0.25) is 6.04 Å². The Morgan fingerprint density at radius 3 is 2.45 bits per heavy atom. The zero-order valence-electron chi connectivity index (χ0n) is 7.20. The fourth-order valence-corrected chi connectivity index (χ4v) is 2.97. The lowest BCUT2D eigenvalue weighted by atomic mass is 10.2. The van der Waals surface area contributed by atoms with Gasteiger partial charge in [-0.25, -0.2) is 0 Å². The van der Waals surface area contributed by atoms with Gasteiger partial charge >= 0.3 is 6.25 Å². The first-order valence-corrected chi connectivity index (χ1v) is 9.44. The summed E-state index contributed by atoms with van der Waals surface area (Å²) < 4.78 is 5.14. The lowest BCUT2D eigenvalue weighted by Crippen LogP contribution is -2.20. The van der Waals surface area contributed by atoms with Crippen molar-refractivity contribution in [1.82, 2.24) is 0 Å². The van der Waals surface area contributed by atoms with Crippen molar-refractivity contribution in [1.29, 1.82) is 0 Å². The fraction of sp³-hybridized carbons (Fsp3) is 1.00. The highest BCUT2D eigenvalue weighted by atomic mass is 79.9. The third-order valence-corrected chi connectivity index (χ3v) is 6.34. The highest BCUT2D eigenvalue weighted by Gasteiger charge is 2.26. The van der Waals surface area contributed by atoms with Gasteiger partial charge in [-0.1, -0.05) is 47.9 Å².